The Hall–Kier alpha value is -2.19. The van der Waals surface area contributed by atoms with Crippen molar-refractivity contribution in [3.8, 4) is 22.4 Å². The van der Waals surface area contributed by atoms with Crippen LogP contribution in [0, 0.1) is 0 Å². The molecule has 0 saturated heterocycles. The van der Waals surface area contributed by atoms with Gasteiger partial charge in [0, 0.05) is 11.1 Å². The van der Waals surface area contributed by atoms with Gasteiger partial charge in [0.25, 0.3) is 0 Å². The van der Waals surface area contributed by atoms with Crippen LogP contribution in [0.15, 0.2) is 66.9 Å². The molecule has 0 fully saturated rings. The quantitative estimate of drug-likeness (QED) is 0.684. The number of hydrogen-bond donors (Lipinski definition) is 0. The molecule has 3 heteroatoms. The second kappa shape index (κ2) is 5.21. The fourth-order valence-electron chi connectivity index (χ4n) is 2.04. The molecule has 3 aromatic rings. The molecular weight excluding hydrogens is 256 g/mol. The highest BCUT2D eigenvalue weighted by Gasteiger charge is 2.13. The topological polar surface area (TPSA) is 25.8 Å². The molecule has 2 nitrogen and oxygen atoms in total. The summed E-state index contributed by atoms with van der Waals surface area (Å²) in [6.07, 6.45) is 1.58. The largest absolute Gasteiger partial charge is 0.157 e. The number of nitrogens with zero attached hydrogens (tertiary/aromatic N) is 2. The number of rotatable bonds is 2. The molecule has 0 radical (unpaired) electrons. The highest BCUT2D eigenvalue weighted by Crippen LogP contribution is 2.34. The van der Waals surface area contributed by atoms with Gasteiger partial charge in [-0.25, -0.2) is 0 Å². The van der Waals surface area contributed by atoms with Gasteiger partial charge in [-0.15, -0.1) is 5.10 Å². The van der Waals surface area contributed by atoms with E-state index in [4.69, 9.17) is 11.6 Å². The lowest BCUT2D eigenvalue weighted by molar-refractivity contribution is 1.04. The number of hydrogen-bond acceptors (Lipinski definition) is 2. The second-order valence-electron chi connectivity index (χ2n) is 4.15. The van der Waals surface area contributed by atoms with Crippen LogP contribution in [0.3, 0.4) is 0 Å². The summed E-state index contributed by atoms with van der Waals surface area (Å²) in [5, 5.41) is 8.83. The van der Waals surface area contributed by atoms with Gasteiger partial charge >= 0.3 is 0 Å². The maximum atomic E-state index is 6.31. The van der Waals surface area contributed by atoms with Crippen molar-refractivity contribution in [1.29, 1.82) is 0 Å². The van der Waals surface area contributed by atoms with Crippen LogP contribution in [0.2, 0.25) is 5.02 Å². The van der Waals surface area contributed by atoms with E-state index in [-0.39, 0.29) is 0 Å². The number of benzene rings is 2. The Balaban J connectivity index is 2.25. The van der Waals surface area contributed by atoms with Gasteiger partial charge < -0.3 is 0 Å². The first kappa shape index (κ1) is 11.9. The molecule has 0 aliphatic heterocycles. The smallest absolute Gasteiger partial charge is 0.102 e. The SMILES string of the molecule is Clc1cnnc(-c2ccccc2)c1-c1ccccc1. The zero-order chi connectivity index (χ0) is 13.1. The minimum absolute atomic E-state index is 0.611. The molecular formula is C16H11ClN2. The van der Waals surface area contributed by atoms with Crippen LogP contribution in [0.25, 0.3) is 22.4 Å². The average molecular weight is 267 g/mol. The van der Waals surface area contributed by atoms with Crippen LogP contribution in [0.4, 0.5) is 0 Å². The monoisotopic (exact) mass is 266 g/mol. The number of aromatic nitrogens is 2. The minimum Gasteiger partial charge on any atom is -0.157 e. The van der Waals surface area contributed by atoms with Crippen molar-refractivity contribution in [2.75, 3.05) is 0 Å². The van der Waals surface area contributed by atoms with Crippen molar-refractivity contribution in [3.05, 3.63) is 71.9 Å². The van der Waals surface area contributed by atoms with Crippen LogP contribution in [0.5, 0.6) is 0 Å². The summed E-state index contributed by atoms with van der Waals surface area (Å²) in [5.74, 6) is 0. The lowest BCUT2D eigenvalue weighted by Gasteiger charge is -2.09. The third kappa shape index (κ3) is 2.35. The first-order valence-electron chi connectivity index (χ1n) is 5.98. The highest BCUT2D eigenvalue weighted by atomic mass is 35.5. The van der Waals surface area contributed by atoms with Gasteiger partial charge in [-0.2, -0.15) is 5.10 Å². The standard InChI is InChI=1S/C16H11ClN2/c17-14-11-18-19-16(13-9-5-2-6-10-13)15(14)12-7-3-1-4-8-12/h1-11H. The van der Waals surface area contributed by atoms with Crippen molar-refractivity contribution in [3.63, 3.8) is 0 Å². The first-order valence-corrected chi connectivity index (χ1v) is 6.36. The second-order valence-corrected chi connectivity index (χ2v) is 4.56. The predicted molar refractivity (Wildman–Crippen MR) is 77.9 cm³/mol. The highest BCUT2D eigenvalue weighted by molar-refractivity contribution is 6.33. The van der Waals surface area contributed by atoms with Gasteiger partial charge in [0.05, 0.1) is 11.2 Å². The van der Waals surface area contributed by atoms with Crippen molar-refractivity contribution >= 4 is 11.6 Å². The van der Waals surface area contributed by atoms with E-state index in [0.717, 1.165) is 22.4 Å². The zero-order valence-corrected chi connectivity index (χ0v) is 10.9. The van der Waals surface area contributed by atoms with E-state index >= 15 is 0 Å². The molecule has 92 valence electrons. The van der Waals surface area contributed by atoms with E-state index in [0.29, 0.717) is 5.02 Å². The number of halogens is 1. The molecule has 1 aromatic heterocycles. The van der Waals surface area contributed by atoms with E-state index in [1.165, 1.54) is 0 Å². The summed E-state index contributed by atoms with van der Waals surface area (Å²) in [6, 6.07) is 19.9. The van der Waals surface area contributed by atoms with E-state index < -0.39 is 0 Å². The Morgan fingerprint density at radius 2 is 1.32 bits per heavy atom. The summed E-state index contributed by atoms with van der Waals surface area (Å²) < 4.78 is 0. The van der Waals surface area contributed by atoms with Gasteiger partial charge in [0.15, 0.2) is 0 Å². The van der Waals surface area contributed by atoms with E-state index in [9.17, 15) is 0 Å². The van der Waals surface area contributed by atoms with E-state index in [1.54, 1.807) is 6.20 Å². The molecule has 0 spiro atoms. The third-order valence-electron chi connectivity index (χ3n) is 2.91. The molecule has 3 rings (SSSR count). The first-order chi connectivity index (χ1) is 9.36. The summed E-state index contributed by atoms with van der Waals surface area (Å²) in [6.45, 7) is 0. The Labute approximate surface area is 116 Å². The van der Waals surface area contributed by atoms with Crippen LogP contribution < -0.4 is 0 Å². The van der Waals surface area contributed by atoms with E-state index in [2.05, 4.69) is 10.2 Å². The van der Waals surface area contributed by atoms with Gasteiger partial charge in [-0.3, -0.25) is 0 Å². The normalized spacial score (nSPS) is 10.4. The average Bonchev–Trinajstić information content (AvgIpc) is 2.49. The summed E-state index contributed by atoms with van der Waals surface area (Å²) in [7, 11) is 0. The lowest BCUT2D eigenvalue weighted by atomic mass is 10.0. The van der Waals surface area contributed by atoms with E-state index in [1.807, 2.05) is 60.7 Å². The van der Waals surface area contributed by atoms with Crippen molar-refractivity contribution in [2.45, 2.75) is 0 Å². The van der Waals surface area contributed by atoms with Crippen molar-refractivity contribution < 1.29 is 0 Å². The van der Waals surface area contributed by atoms with Crippen LogP contribution in [-0.2, 0) is 0 Å². The zero-order valence-electron chi connectivity index (χ0n) is 10.1. The Bertz CT molecular complexity index is 682. The molecule has 2 aromatic carbocycles. The van der Waals surface area contributed by atoms with Crippen LogP contribution in [-0.4, -0.2) is 10.2 Å². The predicted octanol–water partition coefficient (Wildman–Crippen LogP) is 4.46. The molecule has 0 aliphatic rings. The molecule has 0 N–H and O–H groups in total. The van der Waals surface area contributed by atoms with Gasteiger partial charge in [-0.1, -0.05) is 72.3 Å². The maximum absolute atomic E-state index is 6.31. The van der Waals surface area contributed by atoms with Gasteiger partial charge in [0.2, 0.25) is 0 Å². The molecule has 19 heavy (non-hydrogen) atoms. The van der Waals surface area contributed by atoms with Crippen LogP contribution >= 0.6 is 11.6 Å². The third-order valence-corrected chi connectivity index (χ3v) is 3.20. The summed E-state index contributed by atoms with van der Waals surface area (Å²) in [5.41, 5.74) is 3.78. The summed E-state index contributed by atoms with van der Waals surface area (Å²) in [4.78, 5) is 0. The lowest BCUT2D eigenvalue weighted by Crippen LogP contribution is -1.93. The molecule has 0 atom stereocenters. The molecule has 0 saturated carbocycles. The molecule has 0 aliphatic carbocycles. The molecule has 0 unspecified atom stereocenters. The fraction of sp³-hybridized carbons (Fsp3) is 0. The minimum atomic E-state index is 0.611. The van der Waals surface area contributed by atoms with Crippen molar-refractivity contribution in [2.24, 2.45) is 0 Å². The van der Waals surface area contributed by atoms with Crippen LogP contribution in [0.1, 0.15) is 0 Å². The molecule has 1 heterocycles. The fourth-order valence-corrected chi connectivity index (χ4v) is 2.28. The molecule has 0 bridgehead atoms. The maximum Gasteiger partial charge on any atom is 0.102 e. The Morgan fingerprint density at radius 1 is 0.737 bits per heavy atom. The summed E-state index contributed by atoms with van der Waals surface area (Å²) >= 11 is 6.31. The Kier molecular flexibility index (Phi) is 3.25. The molecule has 0 amide bonds. The van der Waals surface area contributed by atoms with Gasteiger partial charge in [-0.05, 0) is 5.56 Å². The van der Waals surface area contributed by atoms with Crippen molar-refractivity contribution in [1.82, 2.24) is 10.2 Å². The Morgan fingerprint density at radius 3 is 1.95 bits per heavy atom. The van der Waals surface area contributed by atoms with Gasteiger partial charge in [0.1, 0.15) is 5.69 Å².